The maximum atomic E-state index is 12.6. The number of aromatic nitrogens is 1. The van der Waals surface area contributed by atoms with E-state index >= 15 is 0 Å². The Balaban J connectivity index is 1.44. The molecule has 150 valence electrons. The molecule has 0 atom stereocenters. The highest BCUT2D eigenvalue weighted by Crippen LogP contribution is 2.23. The first kappa shape index (κ1) is 19.8. The largest absolute Gasteiger partial charge is 0.347 e. The van der Waals surface area contributed by atoms with Crippen LogP contribution in [0.25, 0.3) is 10.8 Å². The zero-order valence-corrected chi connectivity index (χ0v) is 17.2. The third-order valence-electron chi connectivity index (χ3n) is 5.01. The number of benzene rings is 2. The molecule has 0 radical (unpaired) electrons. The van der Waals surface area contributed by atoms with Gasteiger partial charge in [0.2, 0.25) is 10.0 Å². The number of amides is 1. The van der Waals surface area contributed by atoms with Crippen molar-refractivity contribution in [1.29, 1.82) is 0 Å². The molecule has 1 fully saturated rings. The van der Waals surface area contributed by atoms with Gasteiger partial charge < -0.3 is 5.32 Å². The number of rotatable bonds is 5. The van der Waals surface area contributed by atoms with Gasteiger partial charge in [0.1, 0.15) is 10.8 Å². The third-order valence-corrected chi connectivity index (χ3v) is 7.21. The standard InChI is InChI=1S/C21H20ClN3O3S/c22-20-18-6-2-1-5-16(18)13-19(24-20)21(26)23-14-15-7-9-17(10-8-15)29(27,28)25-11-3-4-12-25/h1-2,5-10,13H,3-4,11-12,14H2,(H,23,26). The summed E-state index contributed by atoms with van der Waals surface area (Å²) in [5.74, 6) is -0.341. The summed E-state index contributed by atoms with van der Waals surface area (Å²) in [6.07, 6.45) is 1.80. The Kier molecular flexibility index (Phi) is 5.54. The third kappa shape index (κ3) is 4.12. The number of nitrogens with zero attached hydrogens (tertiary/aromatic N) is 2. The Bertz CT molecular complexity index is 1160. The van der Waals surface area contributed by atoms with Crippen molar-refractivity contribution in [2.45, 2.75) is 24.3 Å². The van der Waals surface area contributed by atoms with Crippen LogP contribution in [0.1, 0.15) is 28.9 Å². The molecule has 2 aromatic carbocycles. The average Bonchev–Trinajstić information content (AvgIpc) is 3.28. The molecular weight excluding hydrogens is 410 g/mol. The molecular formula is C21H20ClN3O3S. The van der Waals surface area contributed by atoms with E-state index in [-0.39, 0.29) is 28.2 Å². The summed E-state index contributed by atoms with van der Waals surface area (Å²) in [6, 6.07) is 15.8. The minimum Gasteiger partial charge on any atom is -0.347 e. The van der Waals surface area contributed by atoms with E-state index < -0.39 is 10.0 Å². The van der Waals surface area contributed by atoms with Crippen LogP contribution in [0.15, 0.2) is 59.5 Å². The van der Waals surface area contributed by atoms with Gasteiger partial charge in [0, 0.05) is 25.0 Å². The van der Waals surface area contributed by atoms with Gasteiger partial charge in [-0.05, 0) is 42.0 Å². The molecule has 0 bridgehead atoms. The van der Waals surface area contributed by atoms with Crippen molar-refractivity contribution in [3.05, 3.63) is 71.0 Å². The van der Waals surface area contributed by atoms with E-state index in [4.69, 9.17) is 11.6 Å². The van der Waals surface area contributed by atoms with E-state index in [1.54, 1.807) is 30.3 Å². The summed E-state index contributed by atoms with van der Waals surface area (Å²) in [6.45, 7) is 1.40. The average molecular weight is 430 g/mol. The molecule has 3 aromatic rings. The van der Waals surface area contributed by atoms with Gasteiger partial charge in [-0.3, -0.25) is 4.79 Å². The Hall–Kier alpha value is -2.48. The number of hydrogen-bond acceptors (Lipinski definition) is 4. The molecule has 0 spiro atoms. The molecule has 29 heavy (non-hydrogen) atoms. The second-order valence-corrected chi connectivity index (χ2v) is 9.25. The van der Waals surface area contributed by atoms with Crippen LogP contribution >= 0.6 is 11.6 Å². The highest BCUT2D eigenvalue weighted by molar-refractivity contribution is 7.89. The Morgan fingerprint density at radius 3 is 2.48 bits per heavy atom. The van der Waals surface area contributed by atoms with Crippen LogP contribution < -0.4 is 5.32 Å². The van der Waals surface area contributed by atoms with Gasteiger partial charge in [-0.1, -0.05) is 48.0 Å². The molecule has 4 rings (SSSR count). The minimum atomic E-state index is -3.43. The SMILES string of the molecule is O=C(NCc1ccc(S(=O)(=O)N2CCCC2)cc1)c1cc2ccccc2c(Cl)n1. The lowest BCUT2D eigenvalue weighted by atomic mass is 10.1. The van der Waals surface area contributed by atoms with Crippen LogP contribution in [-0.2, 0) is 16.6 Å². The molecule has 0 unspecified atom stereocenters. The number of pyridine rings is 1. The van der Waals surface area contributed by atoms with E-state index in [0.29, 0.717) is 13.1 Å². The van der Waals surface area contributed by atoms with E-state index in [0.717, 1.165) is 29.2 Å². The van der Waals surface area contributed by atoms with Crippen LogP contribution in [0.4, 0.5) is 0 Å². The van der Waals surface area contributed by atoms with Crippen molar-refractivity contribution in [3.8, 4) is 0 Å². The second kappa shape index (κ2) is 8.10. The van der Waals surface area contributed by atoms with E-state index in [2.05, 4.69) is 10.3 Å². The molecule has 0 aliphatic carbocycles. The summed E-state index contributed by atoms with van der Waals surface area (Å²) in [7, 11) is -3.43. The number of sulfonamides is 1. The van der Waals surface area contributed by atoms with Crippen molar-refractivity contribution in [2.75, 3.05) is 13.1 Å². The fourth-order valence-corrected chi connectivity index (χ4v) is 5.18. The molecule has 1 aliphatic heterocycles. The zero-order chi connectivity index (χ0) is 20.4. The Morgan fingerprint density at radius 2 is 1.76 bits per heavy atom. The summed E-state index contributed by atoms with van der Waals surface area (Å²) in [5.41, 5.74) is 1.03. The first-order valence-corrected chi connectivity index (χ1v) is 11.2. The topological polar surface area (TPSA) is 79.4 Å². The molecule has 1 saturated heterocycles. The van der Waals surface area contributed by atoms with Crippen LogP contribution in [0.5, 0.6) is 0 Å². The predicted octanol–water partition coefficient (Wildman–Crippen LogP) is 3.60. The summed E-state index contributed by atoms with van der Waals surface area (Å²) < 4.78 is 26.7. The lowest BCUT2D eigenvalue weighted by molar-refractivity contribution is 0.0946. The van der Waals surface area contributed by atoms with Crippen molar-refractivity contribution < 1.29 is 13.2 Å². The van der Waals surface area contributed by atoms with Gasteiger partial charge in [-0.2, -0.15) is 4.31 Å². The van der Waals surface area contributed by atoms with Crippen molar-refractivity contribution in [3.63, 3.8) is 0 Å². The summed E-state index contributed by atoms with van der Waals surface area (Å²) in [4.78, 5) is 16.9. The smallest absolute Gasteiger partial charge is 0.270 e. The van der Waals surface area contributed by atoms with Crippen LogP contribution in [0.2, 0.25) is 5.15 Å². The quantitative estimate of drug-likeness (QED) is 0.628. The molecule has 1 aromatic heterocycles. The number of nitrogens with one attached hydrogen (secondary N) is 1. The highest BCUT2D eigenvalue weighted by Gasteiger charge is 2.26. The second-order valence-electron chi connectivity index (χ2n) is 6.96. The number of halogens is 1. The van der Waals surface area contributed by atoms with Gasteiger partial charge in [0.25, 0.3) is 5.91 Å². The molecule has 6 nitrogen and oxygen atoms in total. The van der Waals surface area contributed by atoms with Gasteiger partial charge in [0.15, 0.2) is 0 Å². The molecule has 1 amide bonds. The summed E-state index contributed by atoms with van der Waals surface area (Å²) >= 11 is 6.19. The maximum Gasteiger partial charge on any atom is 0.270 e. The molecule has 2 heterocycles. The van der Waals surface area contributed by atoms with Gasteiger partial charge in [-0.15, -0.1) is 0 Å². The van der Waals surface area contributed by atoms with Crippen molar-refractivity contribution in [1.82, 2.24) is 14.6 Å². The van der Waals surface area contributed by atoms with Gasteiger partial charge in [-0.25, -0.2) is 13.4 Å². The number of fused-ring (bicyclic) bond motifs is 1. The summed E-state index contributed by atoms with van der Waals surface area (Å²) in [5, 5.41) is 4.72. The van der Waals surface area contributed by atoms with E-state index in [1.807, 2.05) is 24.3 Å². The lowest BCUT2D eigenvalue weighted by Gasteiger charge is -2.15. The predicted molar refractivity (Wildman–Crippen MR) is 112 cm³/mol. The van der Waals surface area contributed by atoms with Crippen LogP contribution in [-0.4, -0.2) is 36.7 Å². The molecule has 1 aliphatic rings. The maximum absolute atomic E-state index is 12.6. The Morgan fingerprint density at radius 1 is 1.07 bits per heavy atom. The van der Waals surface area contributed by atoms with Gasteiger partial charge >= 0.3 is 0 Å². The number of carbonyl (C=O) groups is 1. The van der Waals surface area contributed by atoms with Crippen LogP contribution in [0, 0.1) is 0 Å². The molecule has 0 saturated carbocycles. The Labute approximate surface area is 174 Å². The fraction of sp³-hybridized carbons (Fsp3) is 0.238. The first-order chi connectivity index (χ1) is 13.9. The van der Waals surface area contributed by atoms with Gasteiger partial charge in [0.05, 0.1) is 4.90 Å². The fourth-order valence-electron chi connectivity index (χ4n) is 3.40. The zero-order valence-electron chi connectivity index (χ0n) is 15.6. The van der Waals surface area contributed by atoms with Crippen molar-refractivity contribution in [2.24, 2.45) is 0 Å². The van der Waals surface area contributed by atoms with Crippen LogP contribution in [0.3, 0.4) is 0 Å². The highest BCUT2D eigenvalue weighted by atomic mass is 35.5. The molecule has 8 heteroatoms. The number of hydrogen-bond donors (Lipinski definition) is 1. The number of carbonyl (C=O) groups excluding carboxylic acids is 1. The van der Waals surface area contributed by atoms with Crippen molar-refractivity contribution >= 4 is 38.3 Å². The normalized spacial score (nSPS) is 14.9. The first-order valence-electron chi connectivity index (χ1n) is 9.38. The monoisotopic (exact) mass is 429 g/mol. The lowest BCUT2D eigenvalue weighted by Crippen LogP contribution is -2.28. The van der Waals surface area contributed by atoms with E-state index in [9.17, 15) is 13.2 Å². The van der Waals surface area contributed by atoms with E-state index in [1.165, 1.54) is 4.31 Å². The molecule has 1 N–H and O–H groups in total. The minimum absolute atomic E-state index is 0.238.